The number of hydrogen-bond acceptors (Lipinski definition) is 4. The molecule has 0 atom stereocenters. The molecule has 9 aromatic carbocycles. The summed E-state index contributed by atoms with van der Waals surface area (Å²) >= 11 is 0. The van der Waals surface area contributed by atoms with Crippen LogP contribution in [0, 0.1) is 0 Å². The van der Waals surface area contributed by atoms with Crippen molar-refractivity contribution in [3.63, 3.8) is 0 Å². The molecule has 61 heavy (non-hydrogen) atoms. The van der Waals surface area contributed by atoms with Crippen molar-refractivity contribution in [2.45, 2.75) is 0 Å². The Balaban J connectivity index is 0.992. The van der Waals surface area contributed by atoms with Crippen LogP contribution < -0.4 is 0 Å². The van der Waals surface area contributed by atoms with Gasteiger partial charge >= 0.3 is 0 Å². The monoisotopic (exact) mass is 779 g/mol. The summed E-state index contributed by atoms with van der Waals surface area (Å²) in [6.07, 6.45) is 0. The number of benzene rings is 9. The van der Waals surface area contributed by atoms with Gasteiger partial charge in [0.2, 0.25) is 0 Å². The Morgan fingerprint density at radius 1 is 0.246 bits per heavy atom. The Kier molecular flexibility index (Phi) is 9.14. The average molecular weight is 780 g/mol. The van der Waals surface area contributed by atoms with Crippen LogP contribution in [0.1, 0.15) is 0 Å². The van der Waals surface area contributed by atoms with Gasteiger partial charge in [0.05, 0.1) is 0 Å². The van der Waals surface area contributed by atoms with Crippen LogP contribution in [-0.4, -0.2) is 15.0 Å². The largest absolute Gasteiger partial charge is 0.456 e. The molecule has 0 unspecified atom stereocenters. The summed E-state index contributed by atoms with van der Waals surface area (Å²) < 4.78 is 6.51. The topological polar surface area (TPSA) is 51.8 Å². The molecule has 0 N–H and O–H groups in total. The zero-order valence-corrected chi connectivity index (χ0v) is 33.1. The summed E-state index contributed by atoms with van der Waals surface area (Å²) in [7, 11) is 0. The molecular weight excluding hydrogens is 743 g/mol. The third kappa shape index (κ3) is 6.96. The van der Waals surface area contributed by atoms with Gasteiger partial charge in [0.1, 0.15) is 11.2 Å². The maximum Gasteiger partial charge on any atom is 0.164 e. The van der Waals surface area contributed by atoms with Crippen LogP contribution in [-0.2, 0) is 0 Å². The number of fused-ring (bicyclic) bond motifs is 3. The van der Waals surface area contributed by atoms with Crippen LogP contribution in [0.2, 0.25) is 0 Å². The van der Waals surface area contributed by atoms with E-state index in [4.69, 9.17) is 19.4 Å². The van der Waals surface area contributed by atoms with Crippen LogP contribution >= 0.6 is 0 Å². The minimum absolute atomic E-state index is 0.588. The van der Waals surface area contributed by atoms with E-state index in [-0.39, 0.29) is 0 Å². The molecule has 0 spiro atoms. The summed E-state index contributed by atoms with van der Waals surface area (Å²) in [4.78, 5) is 15.3. The molecule has 0 saturated heterocycles. The van der Waals surface area contributed by atoms with Crippen molar-refractivity contribution in [3.8, 4) is 89.8 Å². The molecule has 11 rings (SSSR count). The van der Waals surface area contributed by atoms with Crippen molar-refractivity contribution < 1.29 is 4.42 Å². The first-order valence-electron chi connectivity index (χ1n) is 20.5. The fraction of sp³-hybridized carbons (Fsp3) is 0. The average Bonchev–Trinajstić information content (AvgIpc) is 3.73. The Morgan fingerprint density at radius 3 is 1.31 bits per heavy atom. The van der Waals surface area contributed by atoms with Gasteiger partial charge in [-0.25, -0.2) is 15.0 Å². The van der Waals surface area contributed by atoms with Gasteiger partial charge in [-0.2, -0.15) is 0 Å². The predicted molar refractivity (Wildman–Crippen MR) is 251 cm³/mol. The van der Waals surface area contributed by atoms with Gasteiger partial charge < -0.3 is 4.42 Å². The van der Waals surface area contributed by atoms with Crippen molar-refractivity contribution in [2.24, 2.45) is 0 Å². The van der Waals surface area contributed by atoms with E-state index in [1.54, 1.807) is 0 Å². The highest BCUT2D eigenvalue weighted by atomic mass is 16.3. The highest BCUT2D eigenvalue weighted by molar-refractivity contribution is 6.12. The third-order valence-corrected chi connectivity index (χ3v) is 11.4. The number of hydrogen-bond donors (Lipinski definition) is 0. The Morgan fingerprint density at radius 2 is 0.656 bits per heavy atom. The minimum atomic E-state index is 0.588. The van der Waals surface area contributed by atoms with Gasteiger partial charge in [0, 0.05) is 27.5 Å². The summed E-state index contributed by atoms with van der Waals surface area (Å²) in [5.74, 6) is 1.81. The molecule has 0 bridgehead atoms. The van der Waals surface area contributed by atoms with Crippen molar-refractivity contribution in [3.05, 3.63) is 224 Å². The van der Waals surface area contributed by atoms with Crippen LogP contribution in [0.5, 0.6) is 0 Å². The first-order valence-corrected chi connectivity index (χ1v) is 20.5. The normalized spacial score (nSPS) is 11.3. The van der Waals surface area contributed by atoms with Gasteiger partial charge in [-0.3, -0.25) is 0 Å². The number of aromatic nitrogens is 3. The Hall–Kier alpha value is -8.21. The van der Waals surface area contributed by atoms with Gasteiger partial charge in [-0.05, 0) is 86.0 Å². The fourth-order valence-electron chi connectivity index (χ4n) is 8.33. The van der Waals surface area contributed by atoms with E-state index < -0.39 is 0 Å². The summed E-state index contributed by atoms with van der Waals surface area (Å²) in [6, 6.07) is 78.3. The van der Waals surface area contributed by atoms with E-state index >= 15 is 0 Å². The maximum absolute atomic E-state index is 6.51. The molecule has 286 valence electrons. The summed E-state index contributed by atoms with van der Waals surface area (Å²) in [5, 5.41) is 1.97. The molecule has 4 heteroatoms. The third-order valence-electron chi connectivity index (χ3n) is 11.4. The van der Waals surface area contributed by atoms with Crippen LogP contribution in [0.25, 0.3) is 112 Å². The zero-order valence-electron chi connectivity index (χ0n) is 33.1. The lowest BCUT2D eigenvalue weighted by atomic mass is 9.92. The molecule has 0 aliphatic rings. The van der Waals surface area contributed by atoms with Crippen molar-refractivity contribution in [1.29, 1.82) is 0 Å². The number of rotatable bonds is 8. The molecule has 0 aliphatic heterocycles. The first kappa shape index (κ1) is 35.9. The van der Waals surface area contributed by atoms with E-state index in [2.05, 4.69) is 176 Å². The quantitative estimate of drug-likeness (QED) is 0.154. The summed E-state index contributed by atoms with van der Waals surface area (Å²) in [5.41, 5.74) is 15.9. The second-order valence-electron chi connectivity index (χ2n) is 15.2. The number of nitrogens with zero attached hydrogens (tertiary/aromatic N) is 3. The Labute approximate surface area is 354 Å². The smallest absolute Gasteiger partial charge is 0.164 e. The highest BCUT2D eigenvalue weighted by Crippen LogP contribution is 2.40. The van der Waals surface area contributed by atoms with Crippen molar-refractivity contribution in [1.82, 2.24) is 15.0 Å². The first-order chi connectivity index (χ1) is 30.2. The SMILES string of the molecule is c1ccc(-c2ccc(-c3nc(-c4ccccc4)nc(-c4cccc5oc6ccc(-c7cccc(-c8cccc(-c9ccccc9-c9ccccc9)c8)c7)cc6c45)n3)cc2)cc1. The molecule has 0 amide bonds. The second-order valence-corrected chi connectivity index (χ2v) is 15.2. The molecular formula is C57H37N3O. The highest BCUT2D eigenvalue weighted by Gasteiger charge is 2.19. The lowest BCUT2D eigenvalue weighted by molar-refractivity contribution is 0.669. The molecule has 0 aliphatic carbocycles. The Bertz CT molecular complexity index is 3340. The molecule has 2 heterocycles. The van der Waals surface area contributed by atoms with Crippen LogP contribution in [0.3, 0.4) is 0 Å². The van der Waals surface area contributed by atoms with E-state index in [9.17, 15) is 0 Å². The van der Waals surface area contributed by atoms with Crippen LogP contribution in [0.15, 0.2) is 229 Å². The molecule has 0 fully saturated rings. The van der Waals surface area contributed by atoms with E-state index in [0.717, 1.165) is 72.0 Å². The fourth-order valence-corrected chi connectivity index (χ4v) is 8.33. The maximum atomic E-state index is 6.51. The van der Waals surface area contributed by atoms with Crippen molar-refractivity contribution >= 4 is 21.9 Å². The predicted octanol–water partition coefficient (Wildman–Crippen LogP) is 15.1. The number of furan rings is 1. The van der Waals surface area contributed by atoms with Crippen LogP contribution in [0.4, 0.5) is 0 Å². The lowest BCUT2D eigenvalue weighted by Crippen LogP contribution is -2.00. The van der Waals surface area contributed by atoms with E-state index in [1.807, 2.05) is 48.5 Å². The van der Waals surface area contributed by atoms with Gasteiger partial charge in [0.25, 0.3) is 0 Å². The molecule has 11 aromatic rings. The lowest BCUT2D eigenvalue weighted by Gasteiger charge is -2.12. The summed E-state index contributed by atoms with van der Waals surface area (Å²) in [6.45, 7) is 0. The molecule has 0 radical (unpaired) electrons. The molecule has 0 saturated carbocycles. The van der Waals surface area contributed by atoms with E-state index in [1.165, 1.54) is 22.3 Å². The van der Waals surface area contributed by atoms with Gasteiger partial charge in [-0.1, -0.05) is 194 Å². The standard InChI is InChI=1S/C57H37N3O/c1-4-15-38(16-5-1)39-29-31-42(32-30-39)56-58-55(41-19-8-3-9-20-41)59-57(60-56)50-27-14-28-53-54(50)51-37-46(33-34-52(51)61-53)44-22-12-21-43(35-44)45-23-13-24-47(36-45)49-26-11-10-25-48(49)40-17-6-2-7-18-40/h1-37H. The van der Waals surface area contributed by atoms with Crippen molar-refractivity contribution in [2.75, 3.05) is 0 Å². The second kappa shape index (κ2) is 15.5. The minimum Gasteiger partial charge on any atom is -0.456 e. The molecule has 4 nitrogen and oxygen atoms in total. The molecule has 2 aromatic heterocycles. The van der Waals surface area contributed by atoms with Gasteiger partial charge in [0.15, 0.2) is 17.5 Å². The van der Waals surface area contributed by atoms with E-state index in [0.29, 0.717) is 17.5 Å². The zero-order chi connectivity index (χ0) is 40.5. The van der Waals surface area contributed by atoms with Gasteiger partial charge in [-0.15, -0.1) is 0 Å².